The Morgan fingerprint density at radius 3 is 1.17 bits per heavy atom. The SMILES string of the molecule is CC(OC(=O)OCCOCCOC(=O)OC(C)C(=O)OCCOCCCl)C(=O)OCCOCCCl. The van der Waals surface area contributed by atoms with Gasteiger partial charge in [0.15, 0.2) is 12.2 Å². The molecule has 0 bridgehead atoms. The fourth-order valence-corrected chi connectivity index (χ4v) is 2.09. The minimum Gasteiger partial charge on any atom is -0.461 e. The molecule has 2 unspecified atom stereocenters. The van der Waals surface area contributed by atoms with Gasteiger partial charge >= 0.3 is 24.2 Å². The molecule has 0 fully saturated rings. The Morgan fingerprint density at radius 1 is 0.514 bits per heavy atom. The second-order valence-corrected chi connectivity index (χ2v) is 7.02. The molecule has 0 aliphatic rings. The average Bonchev–Trinajstić information content (AvgIpc) is 2.82. The molecule has 0 aromatic carbocycles. The van der Waals surface area contributed by atoms with Gasteiger partial charge < -0.3 is 42.6 Å². The summed E-state index contributed by atoms with van der Waals surface area (Å²) < 4.78 is 43.9. The van der Waals surface area contributed by atoms with Gasteiger partial charge in [0.05, 0.1) is 39.6 Å². The highest BCUT2D eigenvalue weighted by molar-refractivity contribution is 6.18. The molecule has 15 heteroatoms. The molecule has 0 radical (unpaired) electrons. The molecule has 0 saturated carbocycles. The fourth-order valence-electron chi connectivity index (χ4n) is 1.87. The quantitative estimate of drug-likeness (QED) is 0.0935. The highest BCUT2D eigenvalue weighted by atomic mass is 35.5. The largest absolute Gasteiger partial charge is 0.509 e. The van der Waals surface area contributed by atoms with E-state index in [1.54, 1.807) is 0 Å². The first-order chi connectivity index (χ1) is 16.8. The molecule has 0 aromatic heterocycles. The molecule has 0 aliphatic carbocycles. The zero-order chi connectivity index (χ0) is 26.3. The van der Waals surface area contributed by atoms with E-state index in [-0.39, 0.29) is 52.9 Å². The predicted octanol–water partition coefficient (Wildman–Crippen LogP) is 1.68. The Morgan fingerprint density at radius 2 is 0.829 bits per heavy atom. The number of esters is 2. The van der Waals surface area contributed by atoms with E-state index in [9.17, 15) is 19.2 Å². The third-order valence-corrected chi connectivity index (χ3v) is 3.80. The van der Waals surface area contributed by atoms with Crippen molar-refractivity contribution in [2.75, 3.05) is 77.8 Å². The van der Waals surface area contributed by atoms with Crippen LogP contribution in [-0.2, 0) is 52.2 Å². The first-order valence-electron chi connectivity index (χ1n) is 10.7. The van der Waals surface area contributed by atoms with Gasteiger partial charge in [-0.15, -0.1) is 23.2 Å². The molecule has 2 atom stereocenters. The van der Waals surface area contributed by atoms with Gasteiger partial charge in [-0.2, -0.15) is 0 Å². The monoisotopic (exact) mass is 550 g/mol. The van der Waals surface area contributed by atoms with Crippen LogP contribution in [0.5, 0.6) is 0 Å². The molecule has 0 amide bonds. The summed E-state index contributed by atoms with van der Waals surface area (Å²) in [5.74, 6) is -0.855. The number of rotatable bonds is 20. The van der Waals surface area contributed by atoms with E-state index >= 15 is 0 Å². The Kier molecular flexibility index (Phi) is 21.1. The van der Waals surface area contributed by atoms with Crippen molar-refractivity contribution < 1.29 is 61.8 Å². The summed E-state index contributed by atoms with van der Waals surface area (Å²) in [7, 11) is 0. The second kappa shape index (κ2) is 22.4. The van der Waals surface area contributed by atoms with Gasteiger partial charge in [0.1, 0.15) is 26.4 Å². The van der Waals surface area contributed by atoms with Crippen molar-refractivity contribution in [3.63, 3.8) is 0 Å². The van der Waals surface area contributed by atoms with E-state index in [1.807, 2.05) is 0 Å². The number of halogens is 2. The number of hydrogen-bond acceptors (Lipinski definition) is 13. The van der Waals surface area contributed by atoms with Crippen molar-refractivity contribution in [1.29, 1.82) is 0 Å². The van der Waals surface area contributed by atoms with Crippen LogP contribution in [0.2, 0.25) is 0 Å². The molecule has 0 rings (SSSR count). The maximum atomic E-state index is 11.7. The first kappa shape index (κ1) is 32.9. The van der Waals surface area contributed by atoms with Crippen molar-refractivity contribution in [1.82, 2.24) is 0 Å². The number of hydrogen-bond donors (Lipinski definition) is 0. The van der Waals surface area contributed by atoms with Gasteiger partial charge in [-0.3, -0.25) is 0 Å². The summed E-state index contributed by atoms with van der Waals surface area (Å²) in [6.45, 7) is 3.25. The van der Waals surface area contributed by atoms with Crippen LogP contribution < -0.4 is 0 Å². The maximum absolute atomic E-state index is 11.7. The first-order valence-corrected chi connectivity index (χ1v) is 11.7. The van der Waals surface area contributed by atoms with Crippen LogP contribution in [-0.4, -0.2) is 114 Å². The summed E-state index contributed by atoms with van der Waals surface area (Å²) >= 11 is 10.9. The predicted molar refractivity (Wildman–Crippen MR) is 120 cm³/mol. The Balaban J connectivity index is 3.73. The van der Waals surface area contributed by atoms with Crippen molar-refractivity contribution >= 4 is 47.5 Å². The van der Waals surface area contributed by atoms with Crippen LogP contribution in [0.1, 0.15) is 13.8 Å². The summed E-state index contributed by atoms with van der Waals surface area (Å²) in [4.78, 5) is 46.4. The van der Waals surface area contributed by atoms with Crippen molar-refractivity contribution in [2.24, 2.45) is 0 Å². The second-order valence-electron chi connectivity index (χ2n) is 6.27. The maximum Gasteiger partial charge on any atom is 0.509 e. The summed E-state index contributed by atoms with van der Waals surface area (Å²) in [5.41, 5.74) is 0. The lowest BCUT2D eigenvalue weighted by molar-refractivity contribution is -0.155. The molecular formula is C20H32Cl2O13. The smallest absolute Gasteiger partial charge is 0.461 e. The summed E-state index contributed by atoms with van der Waals surface area (Å²) in [6.07, 6.45) is -4.50. The van der Waals surface area contributed by atoms with E-state index in [1.165, 1.54) is 13.8 Å². The Hall–Kier alpha value is -2.06. The minimum absolute atomic E-state index is 0.00419. The molecule has 0 saturated heterocycles. The average molecular weight is 551 g/mol. The van der Waals surface area contributed by atoms with Crippen LogP contribution in [0.15, 0.2) is 0 Å². The number of carbonyl (C=O) groups is 4. The highest BCUT2D eigenvalue weighted by Gasteiger charge is 2.21. The van der Waals surface area contributed by atoms with Gasteiger partial charge in [0.2, 0.25) is 0 Å². The third-order valence-electron chi connectivity index (χ3n) is 3.49. The van der Waals surface area contributed by atoms with E-state index in [0.29, 0.717) is 25.0 Å². The highest BCUT2D eigenvalue weighted by Crippen LogP contribution is 2.00. The van der Waals surface area contributed by atoms with E-state index in [2.05, 4.69) is 0 Å². The van der Waals surface area contributed by atoms with Gasteiger partial charge in [0.25, 0.3) is 0 Å². The lowest BCUT2D eigenvalue weighted by atomic mass is 10.4. The Bertz CT molecular complexity index is 556. The van der Waals surface area contributed by atoms with Gasteiger partial charge in [0, 0.05) is 11.8 Å². The molecule has 204 valence electrons. The normalized spacial score (nSPS) is 12.2. The standard InChI is InChI=1S/C20H32Cl2O13/c1-15(17(23)30-11-7-27-5-3-21)34-19(25)32-13-9-29-10-14-33-20(26)35-16(2)18(24)31-12-8-28-6-4-22/h15-16H,3-14H2,1-2H3. The summed E-state index contributed by atoms with van der Waals surface area (Å²) in [6, 6.07) is 0. The number of carbonyl (C=O) groups excluding carboxylic acids is 4. The van der Waals surface area contributed by atoms with E-state index in [0.717, 1.165) is 0 Å². The van der Waals surface area contributed by atoms with Crippen molar-refractivity contribution in [2.45, 2.75) is 26.1 Å². The third kappa shape index (κ3) is 19.9. The van der Waals surface area contributed by atoms with Crippen molar-refractivity contribution in [3.8, 4) is 0 Å². The van der Waals surface area contributed by atoms with Gasteiger partial charge in [-0.25, -0.2) is 19.2 Å². The zero-order valence-electron chi connectivity index (χ0n) is 19.7. The lowest BCUT2D eigenvalue weighted by Crippen LogP contribution is -2.28. The van der Waals surface area contributed by atoms with Gasteiger partial charge in [-0.1, -0.05) is 0 Å². The van der Waals surface area contributed by atoms with Crippen LogP contribution in [0.4, 0.5) is 9.59 Å². The fraction of sp³-hybridized carbons (Fsp3) is 0.800. The van der Waals surface area contributed by atoms with E-state index in [4.69, 9.17) is 65.8 Å². The number of alkyl halides is 2. The molecule has 13 nitrogen and oxygen atoms in total. The van der Waals surface area contributed by atoms with Crippen LogP contribution in [0.25, 0.3) is 0 Å². The zero-order valence-corrected chi connectivity index (χ0v) is 21.2. The molecule has 35 heavy (non-hydrogen) atoms. The van der Waals surface area contributed by atoms with Crippen LogP contribution >= 0.6 is 23.2 Å². The topological polar surface area (TPSA) is 151 Å². The number of ether oxygens (including phenoxy) is 9. The van der Waals surface area contributed by atoms with E-state index < -0.39 is 36.5 Å². The van der Waals surface area contributed by atoms with Crippen molar-refractivity contribution in [3.05, 3.63) is 0 Å². The molecule has 0 N–H and O–H groups in total. The molecule has 0 aliphatic heterocycles. The molecule has 0 heterocycles. The van der Waals surface area contributed by atoms with Crippen LogP contribution in [0.3, 0.4) is 0 Å². The van der Waals surface area contributed by atoms with Gasteiger partial charge in [-0.05, 0) is 13.8 Å². The minimum atomic E-state index is -1.17. The molecule has 0 spiro atoms. The molecular weight excluding hydrogens is 519 g/mol. The Labute approximate surface area is 213 Å². The lowest BCUT2D eigenvalue weighted by Gasteiger charge is -2.13. The van der Waals surface area contributed by atoms with Crippen LogP contribution in [0, 0.1) is 0 Å². The molecule has 0 aromatic rings. The summed E-state index contributed by atoms with van der Waals surface area (Å²) in [5, 5.41) is 0.